The molecule has 118 valence electrons. The fraction of sp³-hybridized carbons (Fsp3) is 0.294. The van der Waals surface area contributed by atoms with E-state index in [-0.39, 0.29) is 11.7 Å². The average molecular weight is 310 g/mol. The van der Waals surface area contributed by atoms with E-state index in [4.69, 9.17) is 0 Å². The van der Waals surface area contributed by atoms with Gasteiger partial charge >= 0.3 is 0 Å². The summed E-state index contributed by atoms with van der Waals surface area (Å²) in [5, 5.41) is 3.04. The van der Waals surface area contributed by atoms with Gasteiger partial charge in [0.1, 0.15) is 0 Å². The first-order valence-corrected chi connectivity index (χ1v) is 7.63. The Hall–Kier alpha value is -2.76. The molecule has 1 fully saturated rings. The number of hydrogen-bond acceptors (Lipinski definition) is 5. The molecule has 6 nitrogen and oxygen atoms in total. The van der Waals surface area contributed by atoms with Crippen LogP contribution >= 0.6 is 0 Å². The third-order valence-electron chi connectivity index (χ3n) is 3.82. The van der Waals surface area contributed by atoms with Crippen molar-refractivity contribution in [2.45, 2.75) is 19.8 Å². The van der Waals surface area contributed by atoms with E-state index in [1.54, 1.807) is 18.2 Å². The molecule has 0 atom stereocenters. The van der Waals surface area contributed by atoms with Crippen molar-refractivity contribution in [3.8, 4) is 0 Å². The monoisotopic (exact) mass is 310 g/mol. The average Bonchev–Trinajstić information content (AvgIpc) is 3.09. The number of likely N-dealkylation sites (tertiary alicyclic amines) is 1. The molecule has 0 spiro atoms. The maximum absolute atomic E-state index is 12.2. The largest absolute Gasteiger partial charge is 0.339 e. The molecule has 1 amide bonds. The summed E-state index contributed by atoms with van der Waals surface area (Å²) in [5.74, 6) is 0.373. The van der Waals surface area contributed by atoms with Gasteiger partial charge < -0.3 is 10.2 Å². The van der Waals surface area contributed by atoms with Crippen molar-refractivity contribution in [3.05, 3.63) is 47.8 Å². The summed E-state index contributed by atoms with van der Waals surface area (Å²) >= 11 is 0. The van der Waals surface area contributed by atoms with E-state index >= 15 is 0 Å². The molecule has 0 unspecified atom stereocenters. The molecule has 1 aliphatic heterocycles. The van der Waals surface area contributed by atoms with Gasteiger partial charge in [-0.1, -0.05) is 12.1 Å². The van der Waals surface area contributed by atoms with Gasteiger partial charge in [0, 0.05) is 36.7 Å². The highest BCUT2D eigenvalue weighted by molar-refractivity contribution is 5.95. The Morgan fingerprint density at radius 3 is 2.43 bits per heavy atom. The van der Waals surface area contributed by atoms with Crippen LogP contribution in [0, 0.1) is 0 Å². The Balaban J connectivity index is 1.71. The van der Waals surface area contributed by atoms with Crippen molar-refractivity contribution in [2.75, 3.05) is 18.4 Å². The van der Waals surface area contributed by atoms with Gasteiger partial charge in [-0.2, -0.15) is 0 Å². The van der Waals surface area contributed by atoms with Crippen LogP contribution in [-0.4, -0.2) is 39.6 Å². The van der Waals surface area contributed by atoms with Gasteiger partial charge in [0.25, 0.3) is 5.91 Å². The zero-order chi connectivity index (χ0) is 16.2. The van der Waals surface area contributed by atoms with Crippen LogP contribution in [0.15, 0.2) is 36.7 Å². The van der Waals surface area contributed by atoms with Gasteiger partial charge in [0.15, 0.2) is 5.78 Å². The van der Waals surface area contributed by atoms with Crippen LogP contribution in [0.5, 0.6) is 0 Å². The van der Waals surface area contributed by atoms with Gasteiger partial charge in [0.2, 0.25) is 5.95 Å². The second-order valence-electron chi connectivity index (χ2n) is 5.56. The maximum atomic E-state index is 12.2. The summed E-state index contributed by atoms with van der Waals surface area (Å²) in [4.78, 5) is 33.8. The highest BCUT2D eigenvalue weighted by Gasteiger charge is 2.19. The Labute approximate surface area is 134 Å². The lowest BCUT2D eigenvalue weighted by atomic mass is 10.1. The molecule has 23 heavy (non-hydrogen) atoms. The maximum Gasteiger partial charge on any atom is 0.256 e. The fourth-order valence-electron chi connectivity index (χ4n) is 2.55. The first kappa shape index (κ1) is 15.1. The molecule has 0 saturated carbocycles. The predicted molar refractivity (Wildman–Crippen MR) is 86.9 cm³/mol. The van der Waals surface area contributed by atoms with Crippen molar-refractivity contribution in [3.63, 3.8) is 0 Å². The van der Waals surface area contributed by atoms with E-state index in [2.05, 4.69) is 15.3 Å². The molecule has 0 aliphatic carbocycles. The van der Waals surface area contributed by atoms with E-state index < -0.39 is 0 Å². The zero-order valence-corrected chi connectivity index (χ0v) is 13.0. The first-order chi connectivity index (χ1) is 11.1. The minimum atomic E-state index is -0.0207. The summed E-state index contributed by atoms with van der Waals surface area (Å²) in [7, 11) is 0. The lowest BCUT2D eigenvalue weighted by Gasteiger charge is -2.14. The Kier molecular flexibility index (Phi) is 4.32. The SMILES string of the molecule is CC(=O)c1cccc(Nc2ncc(C(=O)N3CCCC3)cn2)c1. The molecule has 0 bridgehead atoms. The number of nitrogens with zero attached hydrogens (tertiary/aromatic N) is 3. The molecule has 0 radical (unpaired) electrons. The smallest absolute Gasteiger partial charge is 0.256 e. The molecular formula is C17H18N4O2. The van der Waals surface area contributed by atoms with Gasteiger partial charge in [-0.3, -0.25) is 9.59 Å². The lowest BCUT2D eigenvalue weighted by molar-refractivity contribution is 0.0791. The topological polar surface area (TPSA) is 75.2 Å². The zero-order valence-electron chi connectivity index (χ0n) is 13.0. The van der Waals surface area contributed by atoms with E-state index in [9.17, 15) is 9.59 Å². The van der Waals surface area contributed by atoms with Crippen molar-refractivity contribution in [1.29, 1.82) is 0 Å². The Bertz CT molecular complexity index is 722. The lowest BCUT2D eigenvalue weighted by Crippen LogP contribution is -2.27. The number of carbonyl (C=O) groups excluding carboxylic acids is 2. The second-order valence-corrected chi connectivity index (χ2v) is 5.56. The summed E-state index contributed by atoms with van der Waals surface area (Å²) in [5.41, 5.74) is 1.85. The third-order valence-corrected chi connectivity index (χ3v) is 3.82. The number of aromatic nitrogens is 2. The van der Waals surface area contributed by atoms with Gasteiger partial charge in [-0.05, 0) is 31.9 Å². The summed E-state index contributed by atoms with van der Waals surface area (Å²) < 4.78 is 0. The van der Waals surface area contributed by atoms with Crippen molar-refractivity contribution < 1.29 is 9.59 Å². The predicted octanol–water partition coefficient (Wildman–Crippen LogP) is 2.66. The molecule has 1 saturated heterocycles. The quantitative estimate of drug-likeness (QED) is 0.879. The number of Topliss-reactive ketones (excluding diaryl/α,β-unsaturated/α-hetero) is 1. The van der Waals surface area contributed by atoms with Crippen LogP contribution < -0.4 is 5.32 Å². The summed E-state index contributed by atoms with van der Waals surface area (Å²) in [6.07, 6.45) is 5.17. The molecule has 2 aromatic rings. The molecule has 1 aromatic heterocycles. The minimum Gasteiger partial charge on any atom is -0.339 e. The number of carbonyl (C=O) groups is 2. The molecule has 1 aromatic carbocycles. The number of hydrogen-bond donors (Lipinski definition) is 1. The molecule has 1 N–H and O–H groups in total. The van der Waals surface area contributed by atoms with Gasteiger partial charge in [0.05, 0.1) is 5.56 Å². The minimum absolute atomic E-state index is 0.00104. The first-order valence-electron chi connectivity index (χ1n) is 7.63. The van der Waals surface area contributed by atoms with Crippen LogP contribution in [-0.2, 0) is 0 Å². The van der Waals surface area contributed by atoms with Crippen LogP contribution in [0.2, 0.25) is 0 Å². The van der Waals surface area contributed by atoms with E-state index in [1.165, 1.54) is 19.3 Å². The number of amides is 1. The number of anilines is 2. The fourth-order valence-corrected chi connectivity index (χ4v) is 2.55. The highest BCUT2D eigenvalue weighted by atomic mass is 16.2. The second kappa shape index (κ2) is 6.56. The van der Waals surface area contributed by atoms with Crippen molar-refractivity contribution in [2.24, 2.45) is 0 Å². The van der Waals surface area contributed by atoms with Gasteiger partial charge in [-0.25, -0.2) is 9.97 Å². The van der Waals surface area contributed by atoms with E-state index in [1.807, 2.05) is 11.0 Å². The summed E-state index contributed by atoms with van der Waals surface area (Å²) in [6.45, 7) is 3.13. The molecular weight excluding hydrogens is 292 g/mol. The van der Waals surface area contributed by atoms with Gasteiger partial charge in [-0.15, -0.1) is 0 Å². The van der Waals surface area contributed by atoms with Crippen LogP contribution in [0.1, 0.15) is 40.5 Å². The molecule has 3 rings (SSSR count). The third kappa shape index (κ3) is 3.53. The Morgan fingerprint density at radius 1 is 1.09 bits per heavy atom. The molecule has 6 heteroatoms. The number of rotatable bonds is 4. The normalized spacial score (nSPS) is 13.9. The number of nitrogens with one attached hydrogen (secondary N) is 1. The molecule has 1 aliphatic rings. The highest BCUT2D eigenvalue weighted by Crippen LogP contribution is 2.16. The molecule has 2 heterocycles. The van der Waals surface area contributed by atoms with E-state index in [0.29, 0.717) is 17.1 Å². The van der Waals surface area contributed by atoms with Crippen molar-refractivity contribution in [1.82, 2.24) is 14.9 Å². The van der Waals surface area contributed by atoms with Crippen LogP contribution in [0.3, 0.4) is 0 Å². The van der Waals surface area contributed by atoms with E-state index in [0.717, 1.165) is 31.6 Å². The van der Waals surface area contributed by atoms with Crippen LogP contribution in [0.25, 0.3) is 0 Å². The number of benzene rings is 1. The number of ketones is 1. The summed E-state index contributed by atoms with van der Waals surface area (Å²) in [6, 6.07) is 7.13. The standard InChI is InChI=1S/C17H18N4O2/c1-12(22)13-5-4-6-15(9-13)20-17-18-10-14(11-19-17)16(23)21-7-2-3-8-21/h4-6,9-11H,2-3,7-8H2,1H3,(H,18,19,20). The van der Waals surface area contributed by atoms with Crippen LogP contribution in [0.4, 0.5) is 11.6 Å². The Morgan fingerprint density at radius 2 is 1.78 bits per heavy atom. The van der Waals surface area contributed by atoms with Crippen molar-refractivity contribution >= 4 is 23.3 Å².